The van der Waals surface area contributed by atoms with Crippen LogP contribution in [-0.4, -0.2) is 28.8 Å². The van der Waals surface area contributed by atoms with Gasteiger partial charge in [0.1, 0.15) is 0 Å². The summed E-state index contributed by atoms with van der Waals surface area (Å²) in [7, 11) is 0. The highest BCUT2D eigenvalue weighted by Gasteiger charge is 2.36. The van der Waals surface area contributed by atoms with Crippen LogP contribution in [0.4, 0.5) is 11.4 Å². The van der Waals surface area contributed by atoms with Gasteiger partial charge in [0.15, 0.2) is 0 Å². The monoisotopic (exact) mass is 339 g/mol. The molecule has 2 aromatic rings. The van der Waals surface area contributed by atoms with Crippen LogP contribution in [0.2, 0.25) is 0 Å². The van der Waals surface area contributed by atoms with Crippen LogP contribution in [0.3, 0.4) is 0 Å². The predicted octanol–water partition coefficient (Wildman–Crippen LogP) is 2.52. The number of anilines is 1. The number of non-ortho nitro benzene ring substituents is 1. The molecule has 4 rings (SSSR count). The molecular weight excluding hydrogens is 322 g/mol. The number of carbonyl (C=O) groups is 2. The molecule has 0 aliphatic carbocycles. The maximum Gasteiger partial charge on any atom is 0.277 e. The lowest BCUT2D eigenvalue weighted by atomic mass is 10.0. The lowest BCUT2D eigenvalue weighted by Gasteiger charge is -2.27. The van der Waals surface area contributed by atoms with Crippen LogP contribution in [0, 0.1) is 10.1 Å². The number of rotatable bonds is 2. The zero-order valence-electron chi connectivity index (χ0n) is 13.5. The molecule has 2 amide bonds. The molecule has 2 fully saturated rings. The molecule has 2 aliphatic heterocycles. The summed E-state index contributed by atoms with van der Waals surface area (Å²) in [5.41, 5.74) is 0.394. The summed E-state index contributed by atoms with van der Waals surface area (Å²) in [6, 6.07) is 9.87. The van der Waals surface area contributed by atoms with Crippen molar-refractivity contribution >= 4 is 34.0 Å². The minimum Gasteiger partial charge on any atom is -0.310 e. The van der Waals surface area contributed by atoms with Gasteiger partial charge in [-0.2, -0.15) is 0 Å². The Morgan fingerprint density at radius 1 is 0.960 bits per heavy atom. The van der Waals surface area contributed by atoms with Crippen molar-refractivity contribution in [3.8, 4) is 0 Å². The fraction of sp³-hybridized carbons (Fsp3) is 0.333. The van der Waals surface area contributed by atoms with Gasteiger partial charge in [0.05, 0.1) is 16.0 Å². The lowest BCUT2D eigenvalue weighted by Crippen LogP contribution is -2.46. The van der Waals surface area contributed by atoms with Crippen LogP contribution in [0.25, 0.3) is 10.8 Å². The zero-order chi connectivity index (χ0) is 17.6. The normalized spacial score (nSPS) is 23.6. The summed E-state index contributed by atoms with van der Waals surface area (Å²) in [4.78, 5) is 37.6. The Labute approximate surface area is 143 Å². The zero-order valence-corrected chi connectivity index (χ0v) is 13.5. The molecule has 2 aromatic carbocycles. The van der Waals surface area contributed by atoms with E-state index in [2.05, 4.69) is 5.32 Å². The van der Waals surface area contributed by atoms with Crippen LogP contribution < -0.4 is 10.2 Å². The number of carbonyl (C=O) groups excluding carboxylic acids is 2. The highest BCUT2D eigenvalue weighted by Crippen LogP contribution is 2.35. The summed E-state index contributed by atoms with van der Waals surface area (Å²) in [6.45, 7) is 0. The molecule has 7 nitrogen and oxygen atoms in total. The summed E-state index contributed by atoms with van der Waals surface area (Å²) in [5.74, 6) is -0.524. The second-order valence-electron chi connectivity index (χ2n) is 6.58. The van der Waals surface area contributed by atoms with Crippen LogP contribution in [-0.2, 0) is 9.59 Å². The molecule has 2 atom stereocenters. The van der Waals surface area contributed by atoms with Gasteiger partial charge in [0.25, 0.3) is 5.69 Å². The molecule has 25 heavy (non-hydrogen) atoms. The van der Waals surface area contributed by atoms with Gasteiger partial charge in [-0.3, -0.25) is 19.7 Å². The van der Waals surface area contributed by atoms with Gasteiger partial charge in [-0.15, -0.1) is 0 Å². The first-order valence-corrected chi connectivity index (χ1v) is 8.32. The van der Waals surface area contributed by atoms with E-state index in [9.17, 15) is 19.7 Å². The van der Waals surface area contributed by atoms with E-state index >= 15 is 0 Å². The van der Waals surface area contributed by atoms with Crippen molar-refractivity contribution in [1.29, 1.82) is 0 Å². The Kier molecular flexibility index (Phi) is 3.73. The molecule has 0 saturated carbocycles. The predicted molar refractivity (Wildman–Crippen MR) is 92.3 cm³/mol. The van der Waals surface area contributed by atoms with Crippen LogP contribution in [0.1, 0.15) is 25.7 Å². The Balaban J connectivity index is 1.85. The molecule has 2 aliphatic rings. The Morgan fingerprint density at radius 2 is 1.56 bits per heavy atom. The SMILES string of the molecule is O=C1CC2CCC(CC(=O)N1c1ccc([N+](=O)[O-])c3ccccc13)N2. The summed E-state index contributed by atoms with van der Waals surface area (Å²) >= 11 is 0. The molecule has 0 aromatic heterocycles. The van der Waals surface area contributed by atoms with Crippen LogP contribution >= 0.6 is 0 Å². The van der Waals surface area contributed by atoms with Crippen molar-refractivity contribution in [2.75, 3.05) is 4.90 Å². The van der Waals surface area contributed by atoms with Crippen LogP contribution in [0.5, 0.6) is 0 Å². The van der Waals surface area contributed by atoms with Gasteiger partial charge in [0, 0.05) is 36.4 Å². The highest BCUT2D eigenvalue weighted by atomic mass is 16.6. The average Bonchev–Trinajstić information content (AvgIpc) is 3.02. The highest BCUT2D eigenvalue weighted by molar-refractivity contribution is 6.20. The fourth-order valence-corrected chi connectivity index (χ4v) is 3.86. The fourth-order valence-electron chi connectivity index (χ4n) is 3.86. The topological polar surface area (TPSA) is 92.5 Å². The standard InChI is InChI=1S/C18H17N3O4/c22-17-9-11-5-6-12(19-11)10-18(23)20(17)15-7-8-16(21(24)25)14-4-2-1-3-13(14)15/h1-4,7-8,11-12,19H,5-6,9-10H2. The number of amides is 2. The second-order valence-corrected chi connectivity index (χ2v) is 6.58. The van der Waals surface area contributed by atoms with E-state index in [1.807, 2.05) is 0 Å². The third-order valence-corrected chi connectivity index (χ3v) is 4.99. The number of nitro groups is 1. The summed E-state index contributed by atoms with van der Waals surface area (Å²) < 4.78 is 0. The Bertz CT molecular complexity index is 871. The Morgan fingerprint density at radius 3 is 2.16 bits per heavy atom. The maximum atomic E-state index is 12.8. The largest absolute Gasteiger partial charge is 0.310 e. The minimum atomic E-state index is -0.451. The van der Waals surface area contributed by atoms with Gasteiger partial charge >= 0.3 is 0 Å². The first kappa shape index (κ1) is 15.7. The number of imide groups is 1. The number of nitrogens with one attached hydrogen (secondary N) is 1. The van der Waals surface area contributed by atoms with Crippen molar-refractivity contribution in [3.63, 3.8) is 0 Å². The number of fused-ring (bicyclic) bond motifs is 3. The number of hydrogen-bond donors (Lipinski definition) is 1. The van der Waals surface area contributed by atoms with E-state index in [1.165, 1.54) is 17.0 Å². The Hall–Kier alpha value is -2.80. The van der Waals surface area contributed by atoms with Gasteiger partial charge in [-0.25, -0.2) is 4.90 Å². The van der Waals surface area contributed by atoms with E-state index in [0.29, 0.717) is 16.5 Å². The van der Waals surface area contributed by atoms with Crippen LogP contribution in [0.15, 0.2) is 36.4 Å². The molecule has 7 heteroatoms. The van der Waals surface area contributed by atoms with Crippen molar-refractivity contribution in [2.45, 2.75) is 37.8 Å². The van der Waals surface area contributed by atoms with Gasteiger partial charge < -0.3 is 5.32 Å². The molecule has 2 heterocycles. The van der Waals surface area contributed by atoms with E-state index in [0.717, 1.165) is 12.8 Å². The minimum absolute atomic E-state index is 0.0342. The molecular formula is C18H17N3O4. The van der Waals surface area contributed by atoms with E-state index in [1.54, 1.807) is 24.3 Å². The molecule has 2 bridgehead atoms. The molecule has 2 unspecified atom stereocenters. The third-order valence-electron chi connectivity index (χ3n) is 4.99. The average molecular weight is 339 g/mol. The third kappa shape index (κ3) is 2.66. The van der Waals surface area contributed by atoms with Crippen molar-refractivity contribution in [2.24, 2.45) is 0 Å². The second kappa shape index (κ2) is 5.93. The first-order chi connectivity index (χ1) is 12.0. The van der Waals surface area contributed by atoms with Crippen molar-refractivity contribution in [1.82, 2.24) is 5.32 Å². The molecule has 128 valence electrons. The number of nitrogens with zero attached hydrogens (tertiary/aromatic N) is 2. The van der Waals surface area contributed by atoms with Gasteiger partial charge in [-0.05, 0) is 25.0 Å². The maximum absolute atomic E-state index is 12.8. The number of hydrogen-bond acceptors (Lipinski definition) is 5. The molecule has 0 radical (unpaired) electrons. The summed E-state index contributed by atoms with van der Waals surface area (Å²) in [6.07, 6.45) is 2.29. The first-order valence-electron chi connectivity index (χ1n) is 8.32. The summed E-state index contributed by atoms with van der Waals surface area (Å²) in [5, 5.41) is 15.6. The quantitative estimate of drug-likeness (QED) is 0.515. The number of nitro benzene ring substituents is 1. The smallest absolute Gasteiger partial charge is 0.277 e. The van der Waals surface area contributed by atoms with E-state index < -0.39 is 4.92 Å². The van der Waals surface area contributed by atoms with Crippen molar-refractivity contribution in [3.05, 3.63) is 46.5 Å². The number of benzene rings is 2. The lowest BCUT2D eigenvalue weighted by molar-refractivity contribution is -0.383. The van der Waals surface area contributed by atoms with E-state index in [4.69, 9.17) is 0 Å². The molecule has 1 N–H and O–H groups in total. The molecule has 2 saturated heterocycles. The van der Waals surface area contributed by atoms with Crippen molar-refractivity contribution < 1.29 is 14.5 Å². The molecule has 0 spiro atoms. The van der Waals surface area contributed by atoms with E-state index in [-0.39, 0.29) is 42.4 Å². The van der Waals surface area contributed by atoms with Gasteiger partial charge in [0.2, 0.25) is 11.8 Å². The van der Waals surface area contributed by atoms with Gasteiger partial charge in [-0.1, -0.05) is 18.2 Å².